The summed E-state index contributed by atoms with van der Waals surface area (Å²) in [5.41, 5.74) is 3.18. The van der Waals surface area contributed by atoms with Crippen molar-refractivity contribution >= 4 is 34.4 Å². The number of pyridine rings is 1. The Morgan fingerprint density at radius 2 is 1.90 bits per heavy atom. The van der Waals surface area contributed by atoms with Crippen molar-refractivity contribution in [3.8, 4) is 16.9 Å². The number of aromatic nitrogens is 3. The minimum absolute atomic E-state index is 0.0244. The number of aliphatic carboxylic acids is 1. The molecule has 2 aromatic carbocycles. The first kappa shape index (κ1) is 26.6. The largest absolute Gasteiger partial charge is 0.497 e. The molecule has 1 saturated carbocycles. The molecule has 39 heavy (non-hydrogen) atoms. The van der Waals surface area contributed by atoms with Crippen LogP contribution in [-0.2, 0) is 11.3 Å². The molecule has 4 aromatic rings. The molecule has 0 atom stereocenters. The van der Waals surface area contributed by atoms with E-state index in [1.165, 1.54) is 19.2 Å². The van der Waals surface area contributed by atoms with E-state index in [9.17, 15) is 14.0 Å². The number of halogens is 2. The molecule has 1 aliphatic carbocycles. The van der Waals surface area contributed by atoms with Gasteiger partial charge < -0.3 is 15.2 Å². The molecule has 2 aromatic heterocycles. The summed E-state index contributed by atoms with van der Waals surface area (Å²) in [6.45, 7) is 0.318. The lowest BCUT2D eigenvalue weighted by atomic mass is 9.84. The van der Waals surface area contributed by atoms with Crippen LogP contribution in [0, 0.1) is 11.7 Å². The number of carboxylic acids is 1. The van der Waals surface area contributed by atoms with Gasteiger partial charge in [-0.05, 0) is 67.5 Å². The maximum Gasteiger partial charge on any atom is 0.303 e. The fraction of sp³-hybridized carbons (Fsp3) is 0.310. The van der Waals surface area contributed by atoms with Crippen molar-refractivity contribution in [2.45, 2.75) is 44.7 Å². The zero-order valence-electron chi connectivity index (χ0n) is 21.4. The molecule has 0 aliphatic heterocycles. The highest BCUT2D eigenvalue weighted by Crippen LogP contribution is 2.29. The van der Waals surface area contributed by atoms with Crippen molar-refractivity contribution in [2.24, 2.45) is 5.92 Å². The summed E-state index contributed by atoms with van der Waals surface area (Å²) < 4.78 is 20.8. The third-order valence-corrected chi connectivity index (χ3v) is 7.38. The lowest BCUT2D eigenvalue weighted by molar-refractivity contribution is -0.138. The van der Waals surface area contributed by atoms with E-state index < -0.39 is 11.8 Å². The van der Waals surface area contributed by atoms with Crippen LogP contribution in [0.4, 0.5) is 4.39 Å². The Hall–Kier alpha value is -3.98. The minimum Gasteiger partial charge on any atom is -0.497 e. The van der Waals surface area contributed by atoms with Crippen molar-refractivity contribution in [3.05, 3.63) is 77.0 Å². The highest BCUT2D eigenvalue weighted by molar-refractivity contribution is 6.32. The molecule has 2 heterocycles. The number of hydrogen-bond acceptors (Lipinski definition) is 5. The van der Waals surface area contributed by atoms with Crippen LogP contribution in [0.3, 0.4) is 0 Å². The zero-order valence-corrected chi connectivity index (χ0v) is 22.1. The first-order chi connectivity index (χ1) is 18.8. The summed E-state index contributed by atoms with van der Waals surface area (Å²) >= 11 is 6.34. The number of ether oxygens (including phenoxy) is 1. The maximum absolute atomic E-state index is 13.9. The Bertz CT molecular complexity index is 1510. The second-order valence-corrected chi connectivity index (χ2v) is 10.3. The standard InChI is InChI=1S/C29H28ClFN4O4/c1-39-25-11-19(10-22(31)13-25)18-4-7-24(32-14-18)16-35-28-20(15-33-35)9-21(30)12-26(28)29(38)34-23-5-2-17(3-6-23)8-27(36)37/h4,7,9-15,17,23H,2-3,5-6,8,16H2,1H3,(H,34,38)(H,36,37). The van der Waals surface area contributed by atoms with Gasteiger partial charge in [-0.1, -0.05) is 17.7 Å². The fourth-order valence-corrected chi connectivity index (χ4v) is 5.43. The van der Waals surface area contributed by atoms with Crippen LogP contribution in [-0.4, -0.2) is 44.9 Å². The van der Waals surface area contributed by atoms with Crippen LogP contribution in [0.15, 0.2) is 54.9 Å². The van der Waals surface area contributed by atoms with Crippen LogP contribution in [0.1, 0.15) is 48.2 Å². The van der Waals surface area contributed by atoms with Crippen LogP contribution in [0.2, 0.25) is 5.02 Å². The second kappa shape index (κ2) is 11.4. The maximum atomic E-state index is 13.9. The summed E-state index contributed by atoms with van der Waals surface area (Å²) in [4.78, 5) is 28.9. The number of fused-ring (bicyclic) bond motifs is 1. The number of nitrogens with zero attached hydrogens (tertiary/aromatic N) is 3. The van der Waals surface area contributed by atoms with Crippen molar-refractivity contribution in [1.82, 2.24) is 20.1 Å². The van der Waals surface area contributed by atoms with Gasteiger partial charge >= 0.3 is 5.97 Å². The molecule has 10 heteroatoms. The highest BCUT2D eigenvalue weighted by atomic mass is 35.5. The smallest absolute Gasteiger partial charge is 0.303 e. The topological polar surface area (TPSA) is 106 Å². The van der Waals surface area contributed by atoms with Gasteiger partial charge in [-0.15, -0.1) is 0 Å². The third kappa shape index (κ3) is 6.20. The van der Waals surface area contributed by atoms with Crippen LogP contribution >= 0.6 is 11.6 Å². The normalized spacial score (nSPS) is 17.2. The molecule has 2 N–H and O–H groups in total. The van der Waals surface area contributed by atoms with Gasteiger partial charge in [0.1, 0.15) is 11.6 Å². The Morgan fingerprint density at radius 1 is 1.10 bits per heavy atom. The second-order valence-electron chi connectivity index (χ2n) is 9.90. The molecule has 1 aliphatic rings. The van der Waals surface area contributed by atoms with E-state index in [1.807, 2.05) is 12.1 Å². The van der Waals surface area contributed by atoms with E-state index in [1.54, 1.807) is 35.3 Å². The average Bonchev–Trinajstić information content (AvgIpc) is 3.31. The van der Waals surface area contributed by atoms with Gasteiger partial charge in [0.05, 0.1) is 36.6 Å². The molecule has 0 bridgehead atoms. The molecule has 0 radical (unpaired) electrons. The molecule has 1 amide bonds. The van der Waals surface area contributed by atoms with Crippen molar-refractivity contribution < 1.29 is 23.8 Å². The quantitative estimate of drug-likeness (QED) is 0.291. The summed E-state index contributed by atoms with van der Waals surface area (Å²) in [6, 6.07) is 11.6. The van der Waals surface area contributed by atoms with E-state index in [-0.39, 0.29) is 24.3 Å². The zero-order chi connectivity index (χ0) is 27.5. The number of benzene rings is 2. The Kier molecular flexibility index (Phi) is 7.79. The van der Waals surface area contributed by atoms with Crippen LogP contribution < -0.4 is 10.1 Å². The van der Waals surface area contributed by atoms with E-state index in [0.717, 1.165) is 36.6 Å². The minimum atomic E-state index is -0.782. The summed E-state index contributed by atoms with van der Waals surface area (Å²) in [5.74, 6) is -0.842. The number of carbonyl (C=O) groups is 2. The third-order valence-electron chi connectivity index (χ3n) is 7.17. The number of rotatable bonds is 8. The predicted molar refractivity (Wildman–Crippen MR) is 145 cm³/mol. The summed E-state index contributed by atoms with van der Waals surface area (Å²) in [5, 5.41) is 17.8. The number of nitrogens with one attached hydrogen (secondary N) is 1. The van der Waals surface area contributed by atoms with E-state index in [0.29, 0.717) is 39.7 Å². The van der Waals surface area contributed by atoms with Gasteiger partial charge in [0.25, 0.3) is 5.91 Å². The summed E-state index contributed by atoms with van der Waals surface area (Å²) in [6.07, 6.45) is 6.51. The van der Waals surface area contributed by atoms with E-state index in [4.69, 9.17) is 21.4 Å². The first-order valence-electron chi connectivity index (χ1n) is 12.8. The van der Waals surface area contributed by atoms with Crippen LogP contribution in [0.25, 0.3) is 22.0 Å². The highest BCUT2D eigenvalue weighted by Gasteiger charge is 2.25. The number of hydrogen-bond donors (Lipinski definition) is 2. The molecular formula is C29H28ClFN4O4. The number of carboxylic acid groups (broad SMARTS) is 1. The number of methoxy groups -OCH3 is 1. The van der Waals surface area contributed by atoms with Gasteiger partial charge in [0, 0.05) is 40.7 Å². The molecule has 8 nitrogen and oxygen atoms in total. The molecular weight excluding hydrogens is 523 g/mol. The number of carbonyl (C=O) groups excluding carboxylic acids is 1. The van der Waals surface area contributed by atoms with Crippen molar-refractivity contribution in [2.75, 3.05) is 7.11 Å². The molecule has 0 unspecified atom stereocenters. The lowest BCUT2D eigenvalue weighted by Gasteiger charge is -2.28. The van der Waals surface area contributed by atoms with Gasteiger partial charge in [-0.25, -0.2) is 4.39 Å². The van der Waals surface area contributed by atoms with Crippen LogP contribution in [0.5, 0.6) is 5.75 Å². The fourth-order valence-electron chi connectivity index (χ4n) is 5.20. The molecule has 202 valence electrons. The monoisotopic (exact) mass is 550 g/mol. The Morgan fingerprint density at radius 3 is 2.59 bits per heavy atom. The van der Waals surface area contributed by atoms with E-state index in [2.05, 4.69) is 15.4 Å². The van der Waals surface area contributed by atoms with E-state index >= 15 is 0 Å². The number of amides is 1. The van der Waals surface area contributed by atoms with Crippen molar-refractivity contribution in [3.63, 3.8) is 0 Å². The molecule has 0 spiro atoms. The van der Waals surface area contributed by atoms with Gasteiger partial charge in [0.15, 0.2) is 0 Å². The predicted octanol–water partition coefficient (Wildman–Crippen LogP) is 5.71. The van der Waals surface area contributed by atoms with Gasteiger partial charge in [-0.3, -0.25) is 19.3 Å². The molecule has 5 rings (SSSR count). The first-order valence-corrected chi connectivity index (χ1v) is 13.1. The Balaban J connectivity index is 1.34. The average molecular weight is 551 g/mol. The molecule has 0 saturated heterocycles. The summed E-state index contributed by atoms with van der Waals surface area (Å²) in [7, 11) is 1.49. The van der Waals surface area contributed by atoms with Crippen molar-refractivity contribution in [1.29, 1.82) is 0 Å². The SMILES string of the molecule is COc1cc(F)cc(-c2ccc(Cn3ncc4cc(Cl)cc(C(=O)NC5CCC(CC(=O)O)CC5)c43)nc2)c1. The Labute approximate surface area is 229 Å². The molecule has 1 fully saturated rings. The lowest BCUT2D eigenvalue weighted by Crippen LogP contribution is -2.38. The van der Waals surface area contributed by atoms with Gasteiger partial charge in [0.2, 0.25) is 0 Å². The van der Waals surface area contributed by atoms with Gasteiger partial charge in [-0.2, -0.15) is 5.10 Å².